The maximum absolute atomic E-state index is 12.8. The number of rotatable bonds is 3. The van der Waals surface area contributed by atoms with Crippen LogP contribution in [0.1, 0.15) is 47.4 Å². The van der Waals surface area contributed by atoms with E-state index in [9.17, 15) is 9.59 Å². The second-order valence-electron chi connectivity index (χ2n) is 7.00. The summed E-state index contributed by atoms with van der Waals surface area (Å²) in [7, 11) is 1.69. The fourth-order valence-corrected chi connectivity index (χ4v) is 3.97. The summed E-state index contributed by atoms with van der Waals surface area (Å²) >= 11 is 0. The Morgan fingerprint density at radius 2 is 2.08 bits per heavy atom. The topological polar surface area (TPSA) is 69.4 Å². The number of hydrogen-bond acceptors (Lipinski definition) is 4. The van der Waals surface area contributed by atoms with Crippen molar-refractivity contribution >= 4 is 5.91 Å². The van der Waals surface area contributed by atoms with Gasteiger partial charge in [-0.3, -0.25) is 9.36 Å². The minimum atomic E-state index is -0.0682. The molecule has 0 spiro atoms. The van der Waals surface area contributed by atoms with E-state index < -0.39 is 0 Å². The lowest BCUT2D eigenvalue weighted by atomic mass is 9.95. The first-order chi connectivity index (χ1) is 12.6. The molecule has 7 nitrogen and oxygen atoms in total. The third kappa shape index (κ3) is 2.81. The molecule has 1 amide bonds. The molecule has 3 heterocycles. The first-order valence-electron chi connectivity index (χ1n) is 9.27. The van der Waals surface area contributed by atoms with Crippen LogP contribution < -0.4 is 10.4 Å². The number of piperidine rings is 1. The Balaban J connectivity index is 1.46. The van der Waals surface area contributed by atoms with Gasteiger partial charge in [0.1, 0.15) is 11.6 Å². The van der Waals surface area contributed by atoms with Gasteiger partial charge < -0.3 is 9.64 Å². The van der Waals surface area contributed by atoms with Gasteiger partial charge in [-0.1, -0.05) is 0 Å². The molecule has 0 radical (unpaired) electrons. The molecule has 0 aliphatic carbocycles. The first-order valence-corrected chi connectivity index (χ1v) is 9.27. The summed E-state index contributed by atoms with van der Waals surface area (Å²) in [4.78, 5) is 26.8. The summed E-state index contributed by atoms with van der Waals surface area (Å²) in [5, 5.41) is 4.42. The van der Waals surface area contributed by atoms with Crippen LogP contribution in [0, 0.1) is 0 Å². The Morgan fingerprint density at radius 1 is 1.31 bits per heavy atom. The summed E-state index contributed by atoms with van der Waals surface area (Å²) in [6.07, 6.45) is 2.53. The monoisotopic (exact) mass is 356 g/mol. The lowest BCUT2D eigenvalue weighted by Gasteiger charge is -2.31. The molecule has 0 N–H and O–H groups in total. The van der Waals surface area contributed by atoms with E-state index in [1.807, 2.05) is 30.0 Å². The molecule has 4 rings (SSSR count). The van der Waals surface area contributed by atoms with Crippen LogP contribution in [0.15, 0.2) is 23.0 Å². The SMILES string of the molecule is CCn1c(C2CCN(C(=O)c3ccc4c(c3)CCO4)CC2)nn(C)c1=O. The Labute approximate surface area is 152 Å². The van der Waals surface area contributed by atoms with Gasteiger partial charge in [-0.25, -0.2) is 9.48 Å². The second kappa shape index (κ2) is 6.63. The molecular formula is C19H24N4O3. The van der Waals surface area contributed by atoms with Gasteiger partial charge in [0, 0.05) is 44.6 Å². The largest absolute Gasteiger partial charge is 0.493 e. The van der Waals surface area contributed by atoms with Crippen molar-refractivity contribution < 1.29 is 9.53 Å². The minimum absolute atomic E-state index is 0.0682. The van der Waals surface area contributed by atoms with E-state index in [-0.39, 0.29) is 17.5 Å². The number of nitrogens with zero attached hydrogens (tertiary/aromatic N) is 4. The van der Waals surface area contributed by atoms with Crippen molar-refractivity contribution in [2.75, 3.05) is 19.7 Å². The van der Waals surface area contributed by atoms with Gasteiger partial charge in [-0.05, 0) is 43.5 Å². The van der Waals surface area contributed by atoms with E-state index in [1.54, 1.807) is 11.6 Å². The summed E-state index contributed by atoms with van der Waals surface area (Å²) in [6.45, 7) is 4.65. The standard InChI is InChI=1S/C19H24N4O3/c1-3-23-17(20-21(2)19(23)25)13-6-9-22(10-7-13)18(24)15-4-5-16-14(12-15)8-11-26-16/h4-5,12-13H,3,6-11H2,1-2H3. The fraction of sp³-hybridized carbons (Fsp3) is 0.526. The van der Waals surface area contributed by atoms with Crippen LogP contribution >= 0.6 is 0 Å². The maximum Gasteiger partial charge on any atom is 0.345 e. The minimum Gasteiger partial charge on any atom is -0.493 e. The highest BCUT2D eigenvalue weighted by Gasteiger charge is 2.28. The highest BCUT2D eigenvalue weighted by atomic mass is 16.5. The van der Waals surface area contributed by atoms with Crippen LogP contribution in [-0.4, -0.2) is 44.9 Å². The number of amides is 1. The molecule has 2 aromatic rings. The molecule has 0 bridgehead atoms. The number of likely N-dealkylation sites (tertiary alicyclic amines) is 1. The van der Waals surface area contributed by atoms with Gasteiger partial charge in [0.05, 0.1) is 6.61 Å². The molecule has 0 saturated carbocycles. The molecule has 1 saturated heterocycles. The highest BCUT2D eigenvalue weighted by molar-refractivity contribution is 5.94. The van der Waals surface area contributed by atoms with Gasteiger partial charge in [-0.15, -0.1) is 0 Å². The Bertz CT molecular complexity index is 891. The van der Waals surface area contributed by atoms with Gasteiger partial charge in [0.2, 0.25) is 0 Å². The summed E-state index contributed by atoms with van der Waals surface area (Å²) in [5.41, 5.74) is 1.78. The van der Waals surface area contributed by atoms with Crippen LogP contribution in [-0.2, 0) is 20.0 Å². The molecule has 1 fully saturated rings. The highest BCUT2D eigenvalue weighted by Crippen LogP contribution is 2.29. The van der Waals surface area contributed by atoms with Crippen LogP contribution in [0.4, 0.5) is 0 Å². The molecule has 1 aromatic carbocycles. The average molecular weight is 356 g/mol. The molecule has 7 heteroatoms. The van der Waals surface area contributed by atoms with Gasteiger partial charge in [-0.2, -0.15) is 5.10 Å². The van der Waals surface area contributed by atoms with Gasteiger partial charge in [0.15, 0.2) is 0 Å². The van der Waals surface area contributed by atoms with Crippen LogP contribution in [0.3, 0.4) is 0 Å². The zero-order valence-electron chi connectivity index (χ0n) is 15.3. The Kier molecular flexibility index (Phi) is 4.30. The number of ether oxygens (including phenoxy) is 1. The molecule has 2 aliphatic rings. The van der Waals surface area contributed by atoms with E-state index in [1.165, 1.54) is 4.68 Å². The molecule has 2 aliphatic heterocycles. The third-order valence-corrected chi connectivity index (χ3v) is 5.44. The second-order valence-corrected chi connectivity index (χ2v) is 7.00. The predicted octanol–water partition coefficient (Wildman–Crippen LogP) is 1.56. The zero-order valence-corrected chi connectivity index (χ0v) is 15.3. The van der Waals surface area contributed by atoms with E-state index >= 15 is 0 Å². The molecule has 0 atom stereocenters. The molecular weight excluding hydrogens is 332 g/mol. The summed E-state index contributed by atoms with van der Waals surface area (Å²) in [6, 6.07) is 5.71. The lowest BCUT2D eigenvalue weighted by Crippen LogP contribution is -2.38. The molecule has 0 unspecified atom stereocenters. The van der Waals surface area contributed by atoms with E-state index in [0.717, 1.165) is 42.0 Å². The smallest absolute Gasteiger partial charge is 0.345 e. The Morgan fingerprint density at radius 3 is 2.81 bits per heavy atom. The number of aromatic nitrogens is 3. The van der Waals surface area contributed by atoms with Crippen molar-refractivity contribution in [1.82, 2.24) is 19.2 Å². The van der Waals surface area contributed by atoms with Crippen molar-refractivity contribution in [3.8, 4) is 5.75 Å². The van der Waals surface area contributed by atoms with Crippen molar-refractivity contribution in [2.45, 2.75) is 38.6 Å². The first kappa shape index (κ1) is 16.9. The number of carbonyl (C=O) groups is 1. The zero-order chi connectivity index (χ0) is 18.3. The van der Waals surface area contributed by atoms with E-state index in [2.05, 4.69) is 5.10 Å². The van der Waals surface area contributed by atoms with E-state index in [4.69, 9.17) is 4.74 Å². The van der Waals surface area contributed by atoms with Crippen LogP contribution in [0.2, 0.25) is 0 Å². The molecule has 138 valence electrons. The van der Waals surface area contributed by atoms with Gasteiger partial charge in [0.25, 0.3) is 5.91 Å². The summed E-state index contributed by atoms with van der Waals surface area (Å²) < 4.78 is 8.66. The normalized spacial score (nSPS) is 17.2. The van der Waals surface area contributed by atoms with E-state index in [0.29, 0.717) is 26.2 Å². The number of benzene rings is 1. The van der Waals surface area contributed by atoms with Crippen LogP contribution in [0.5, 0.6) is 5.75 Å². The molecule has 26 heavy (non-hydrogen) atoms. The number of carbonyl (C=O) groups excluding carboxylic acids is 1. The number of aryl methyl sites for hydroxylation is 1. The number of fused-ring (bicyclic) bond motifs is 1. The lowest BCUT2D eigenvalue weighted by molar-refractivity contribution is 0.0710. The fourth-order valence-electron chi connectivity index (χ4n) is 3.97. The molecule has 1 aromatic heterocycles. The maximum atomic E-state index is 12.8. The average Bonchev–Trinajstić information content (AvgIpc) is 3.25. The van der Waals surface area contributed by atoms with Crippen molar-refractivity contribution in [3.63, 3.8) is 0 Å². The number of hydrogen-bond donors (Lipinski definition) is 0. The predicted molar refractivity (Wildman–Crippen MR) is 96.7 cm³/mol. The van der Waals surface area contributed by atoms with Crippen molar-refractivity contribution in [3.05, 3.63) is 45.6 Å². The Hall–Kier alpha value is -2.57. The quantitative estimate of drug-likeness (QED) is 0.837. The third-order valence-electron chi connectivity index (χ3n) is 5.44. The van der Waals surface area contributed by atoms with Gasteiger partial charge >= 0.3 is 5.69 Å². The van der Waals surface area contributed by atoms with Crippen molar-refractivity contribution in [2.24, 2.45) is 7.05 Å². The van der Waals surface area contributed by atoms with Crippen molar-refractivity contribution in [1.29, 1.82) is 0 Å². The van der Waals surface area contributed by atoms with Crippen LogP contribution in [0.25, 0.3) is 0 Å². The summed E-state index contributed by atoms with van der Waals surface area (Å²) in [5.74, 6) is 2.04.